The normalized spacial score (nSPS) is 13.0. The van der Waals surface area contributed by atoms with Gasteiger partial charge in [-0.1, -0.05) is 75.7 Å². The van der Waals surface area contributed by atoms with Crippen LogP contribution in [-0.4, -0.2) is 201 Å². The lowest BCUT2D eigenvalue weighted by Crippen LogP contribution is -2.29. The van der Waals surface area contributed by atoms with Crippen LogP contribution in [0.4, 0.5) is 23.2 Å². The third kappa shape index (κ3) is 20.4. The molecule has 2 aliphatic rings. The fourth-order valence-electron chi connectivity index (χ4n) is 19.0. The number of nitrogens with zero attached hydrogens (tertiary/aromatic N) is 23. The van der Waals surface area contributed by atoms with Gasteiger partial charge in [0.15, 0.2) is 45.9 Å². The largest absolute Gasteiger partial charge is 0.335 e. The summed E-state index contributed by atoms with van der Waals surface area (Å²) in [7, 11) is 4.06. The zero-order chi connectivity index (χ0) is 101. The van der Waals surface area contributed by atoms with Gasteiger partial charge in [-0.15, -0.1) is 0 Å². The molecular formula is C112H94F4N32O. The third-order valence-electron chi connectivity index (χ3n) is 26.2. The number of carbonyl (C=O) groups is 1. The number of carbonyl (C=O) groups excluding carboxylic acids is 1. The van der Waals surface area contributed by atoms with E-state index in [1.54, 1.807) is 123 Å². The van der Waals surface area contributed by atoms with Crippen molar-refractivity contribution in [3.8, 4) is 135 Å². The number of imidazole rings is 4. The SMILES string of the molecule is CC(C)(C)CC(=O)Nc1cncc(-c2cnc3n[nH]c(-c4nc5c(-c6ccc(F)cc6)cncc5[nH]4)c3c2)c1.CN(C)Cc1cncc(-c2cnc3n[nH]c(-c4nc5c(-c6ccc(F)cc6)cncc5[nH]4)c3c2)c1.Fc1ccc(-c2cncc3[nH]c(-c4[nH]nc5ncc(-c6cncc(CN7CCCC7)c6)cc45)nc23)cc1.Fc1ccc(-c2cncc3[nH]c(-c4[nH]nc5ncc(-c6cncc(CN7CCCCC7)c6)cc45)nc23)cc1. The number of fused-ring (bicyclic) bond motifs is 8. The Labute approximate surface area is 847 Å². The van der Waals surface area contributed by atoms with Crippen molar-refractivity contribution in [2.24, 2.45) is 5.41 Å². The first-order valence-corrected chi connectivity index (χ1v) is 48.6. The minimum absolute atomic E-state index is 0.0634. The molecular weight excluding hydrogens is 1890 g/mol. The highest BCUT2D eigenvalue weighted by atomic mass is 19.1. The first-order valence-electron chi connectivity index (χ1n) is 48.6. The van der Waals surface area contributed by atoms with Crippen LogP contribution in [0.15, 0.2) is 270 Å². The molecule has 0 bridgehead atoms. The molecule has 149 heavy (non-hydrogen) atoms. The second-order valence-electron chi connectivity index (χ2n) is 38.5. The number of aromatic nitrogens is 28. The summed E-state index contributed by atoms with van der Waals surface area (Å²) in [5.74, 6) is 1.25. The number of likely N-dealkylation sites (tertiary alicyclic amines) is 2. The van der Waals surface area contributed by atoms with E-state index in [1.807, 2.05) is 103 Å². The van der Waals surface area contributed by atoms with Gasteiger partial charge in [0, 0.05) is 186 Å². The smallest absolute Gasteiger partial charge is 0.224 e. The molecule has 26 rings (SSSR count). The van der Waals surface area contributed by atoms with Gasteiger partial charge >= 0.3 is 0 Å². The molecule has 0 aliphatic carbocycles. The molecule has 9 N–H and O–H groups in total. The van der Waals surface area contributed by atoms with E-state index >= 15 is 0 Å². The van der Waals surface area contributed by atoms with Crippen LogP contribution in [0.5, 0.6) is 0 Å². The zero-order valence-electron chi connectivity index (χ0n) is 81.3. The number of rotatable bonds is 20. The summed E-state index contributed by atoms with van der Waals surface area (Å²) in [6.45, 7) is 13.3. The lowest BCUT2D eigenvalue weighted by Gasteiger charge is -2.26. The summed E-state index contributed by atoms with van der Waals surface area (Å²) in [5, 5.41) is 36.1. The van der Waals surface area contributed by atoms with Gasteiger partial charge in [-0.2, -0.15) is 20.4 Å². The molecule has 4 aromatic carbocycles. The maximum atomic E-state index is 13.5. The summed E-state index contributed by atoms with van der Waals surface area (Å²) in [6, 6.07) is 41.8. The Hall–Kier alpha value is -18.5. The van der Waals surface area contributed by atoms with Gasteiger partial charge in [0.25, 0.3) is 0 Å². The highest BCUT2D eigenvalue weighted by molar-refractivity contribution is 6.03. The molecule has 33 nitrogen and oxygen atoms in total. The fraction of sp³-hybridized carbons (Fsp3) is 0.170. The fourth-order valence-corrected chi connectivity index (χ4v) is 19.0. The molecule has 24 aromatic rings. The molecule has 2 saturated heterocycles. The number of aromatic amines is 8. The molecule has 1 amide bonds. The van der Waals surface area contributed by atoms with Gasteiger partial charge < -0.3 is 30.2 Å². The third-order valence-corrected chi connectivity index (χ3v) is 26.2. The van der Waals surface area contributed by atoms with Crippen molar-refractivity contribution >= 4 is 99.9 Å². The monoisotopic (exact) mass is 1980 g/mol. The van der Waals surface area contributed by atoms with Gasteiger partial charge in [0.05, 0.1) is 102 Å². The second kappa shape index (κ2) is 40.6. The van der Waals surface area contributed by atoms with Crippen LogP contribution in [0, 0.1) is 28.7 Å². The number of anilines is 1. The molecule has 0 radical (unpaired) electrons. The van der Waals surface area contributed by atoms with E-state index in [1.165, 1.54) is 91.8 Å². The summed E-state index contributed by atoms with van der Waals surface area (Å²) >= 11 is 0. The lowest BCUT2D eigenvalue weighted by atomic mass is 9.92. The van der Waals surface area contributed by atoms with E-state index < -0.39 is 0 Å². The number of hydrogen-bond acceptors (Lipinski definition) is 24. The minimum Gasteiger partial charge on any atom is -0.335 e. The van der Waals surface area contributed by atoms with E-state index in [2.05, 4.69) is 171 Å². The summed E-state index contributed by atoms with van der Waals surface area (Å²) in [6.07, 6.45) is 42.5. The molecule has 20 aromatic heterocycles. The van der Waals surface area contributed by atoms with Crippen LogP contribution >= 0.6 is 0 Å². The molecule has 2 aliphatic heterocycles. The van der Waals surface area contributed by atoms with Crippen molar-refractivity contribution in [3.63, 3.8) is 0 Å². The van der Waals surface area contributed by atoms with E-state index in [4.69, 9.17) is 19.9 Å². The van der Waals surface area contributed by atoms with Crippen LogP contribution in [0.25, 0.3) is 223 Å². The summed E-state index contributed by atoms with van der Waals surface area (Å²) in [4.78, 5) is 106. The average molecular weight is 1980 g/mol. The maximum absolute atomic E-state index is 13.5. The molecule has 0 saturated carbocycles. The van der Waals surface area contributed by atoms with Crippen LogP contribution < -0.4 is 5.32 Å². The van der Waals surface area contributed by atoms with Crippen LogP contribution in [0.2, 0.25) is 0 Å². The van der Waals surface area contributed by atoms with Crippen molar-refractivity contribution in [1.29, 1.82) is 0 Å². The number of benzene rings is 4. The van der Waals surface area contributed by atoms with Crippen molar-refractivity contribution in [3.05, 3.63) is 309 Å². The standard InChI is InChI=1S/C29H25FN8O.C29H25FN8.C28H23FN8.C26H21FN8/c1-29(2,3)10-24(39)34-20-8-17(11-31-13-20)18-9-21-26(37-38-27(21)33-12-18)28-35-23-15-32-14-22(25(23)36-28)16-4-6-19(30)7-5-16;30-22-6-4-19(5-7-22)24-15-32-16-25-26(24)35-29(34-25)27-23-11-21(14-33-28(23)37-36-27)20-10-18(12-31-13-20)17-38-8-2-1-3-9-38;29-21-5-3-18(4-6-21)23-14-31-15-24-25(23)34-28(33-24)26-22-10-20(13-32-27(22)36-35-26)19-9-17(11-30-12-19)16-37-7-1-2-8-37;1-35(2)14-15-7-17(10-28-9-15)18-8-20-24(33-34-25(20)30-11-18)26-31-22-13-29-12-21(23(22)32-26)16-3-5-19(27)6-4-16/h4-9,11-15H,10H2,1-3H3,(H,34,39)(H,35,36)(H,33,37,38);4-7,10-16H,1-3,8-9,17H2,(H,34,35)(H,33,36,37);3-6,9-15H,1-2,7-8,16H2,(H,33,34)(H,32,35,36);3-13H,14H2,1-2H3,(H,31,32)(H,30,33,34). The van der Waals surface area contributed by atoms with Crippen molar-refractivity contribution in [2.75, 3.05) is 45.6 Å². The quantitative estimate of drug-likeness (QED) is 0.0320. The van der Waals surface area contributed by atoms with Crippen molar-refractivity contribution in [1.82, 2.24) is 155 Å². The Bertz CT molecular complexity index is 9060. The van der Waals surface area contributed by atoms with E-state index in [0.717, 1.165) is 218 Å². The summed E-state index contributed by atoms with van der Waals surface area (Å²) < 4.78 is 53.8. The van der Waals surface area contributed by atoms with Crippen LogP contribution in [-0.2, 0) is 24.4 Å². The number of piperidine rings is 1. The van der Waals surface area contributed by atoms with Gasteiger partial charge in [-0.3, -0.25) is 74.9 Å². The number of pyridine rings is 12. The lowest BCUT2D eigenvalue weighted by molar-refractivity contribution is -0.117. The molecule has 2 fully saturated rings. The van der Waals surface area contributed by atoms with Crippen molar-refractivity contribution in [2.45, 2.75) is 78.9 Å². The number of H-pyrrole nitrogens is 8. The molecule has 0 spiro atoms. The molecule has 37 heteroatoms. The van der Waals surface area contributed by atoms with Crippen LogP contribution in [0.3, 0.4) is 0 Å². The first-order chi connectivity index (χ1) is 72.7. The average Bonchev–Trinajstić information content (AvgIpc) is 1.62. The van der Waals surface area contributed by atoms with Crippen LogP contribution in [0.1, 0.15) is 76.0 Å². The Morgan fingerprint density at radius 3 is 0.906 bits per heavy atom. The van der Waals surface area contributed by atoms with E-state index in [-0.39, 0.29) is 34.6 Å². The molecule has 0 atom stereocenters. The maximum Gasteiger partial charge on any atom is 0.224 e. The second-order valence-corrected chi connectivity index (χ2v) is 38.5. The Balaban J connectivity index is 0.000000109. The highest BCUT2D eigenvalue weighted by Crippen LogP contribution is 2.41. The van der Waals surface area contributed by atoms with E-state index in [0.29, 0.717) is 69.2 Å². The summed E-state index contributed by atoms with van der Waals surface area (Å²) in [5.41, 5.74) is 29.4. The number of halogens is 4. The van der Waals surface area contributed by atoms with Gasteiger partial charge in [0.2, 0.25) is 5.91 Å². The highest BCUT2D eigenvalue weighted by Gasteiger charge is 2.26. The Morgan fingerprint density at radius 2 is 0.597 bits per heavy atom. The molecule has 736 valence electrons. The van der Waals surface area contributed by atoms with Crippen molar-refractivity contribution < 1.29 is 22.4 Å². The topological polar surface area (TPSA) is 423 Å². The van der Waals surface area contributed by atoms with E-state index in [9.17, 15) is 22.4 Å². The van der Waals surface area contributed by atoms with Gasteiger partial charge in [-0.25, -0.2) is 57.4 Å². The number of amides is 1. The number of nitrogens with one attached hydrogen (secondary N) is 9. The predicted molar refractivity (Wildman–Crippen MR) is 565 cm³/mol. The Morgan fingerprint density at radius 1 is 0.322 bits per heavy atom. The molecule has 22 heterocycles. The first kappa shape index (κ1) is 94.1. The van der Waals surface area contributed by atoms with Gasteiger partial charge in [-0.05, 0) is 207 Å². The zero-order valence-corrected chi connectivity index (χ0v) is 81.3. The molecule has 0 unspecified atom stereocenters. The van der Waals surface area contributed by atoms with Gasteiger partial charge in [0.1, 0.15) is 46.0 Å². The minimum atomic E-state index is -0.304. The predicted octanol–water partition coefficient (Wildman–Crippen LogP) is 22.1. The Kier molecular flexibility index (Phi) is 25.6. The number of hydrogen-bond donors (Lipinski definition) is 9.